The number of hydrogen-bond acceptors (Lipinski definition) is 3. The van der Waals surface area contributed by atoms with Crippen molar-refractivity contribution in [2.75, 3.05) is 6.54 Å². The average molecular weight is 228 g/mol. The van der Waals surface area contributed by atoms with Gasteiger partial charge in [-0.05, 0) is 32.1 Å². The molecule has 0 saturated carbocycles. The highest BCUT2D eigenvalue weighted by molar-refractivity contribution is 4.87. The monoisotopic (exact) mass is 228 g/mol. The van der Waals surface area contributed by atoms with Crippen molar-refractivity contribution in [3.63, 3.8) is 0 Å². The highest BCUT2D eigenvalue weighted by Gasteiger charge is 2.35. The third kappa shape index (κ3) is 3.72. The second-order valence-corrected chi connectivity index (χ2v) is 6.31. The third-order valence-electron chi connectivity index (χ3n) is 3.34. The summed E-state index contributed by atoms with van der Waals surface area (Å²) in [5, 5.41) is 13.4. The molecule has 1 saturated heterocycles. The van der Waals surface area contributed by atoms with E-state index < -0.39 is 6.35 Å². The largest absolute Gasteiger partial charge is 0.365 e. The molecule has 96 valence electrons. The predicted molar refractivity (Wildman–Crippen MR) is 68.1 cm³/mol. The highest BCUT2D eigenvalue weighted by Crippen LogP contribution is 2.32. The Labute approximate surface area is 100 Å². The van der Waals surface area contributed by atoms with Crippen LogP contribution in [0.3, 0.4) is 0 Å². The van der Waals surface area contributed by atoms with Gasteiger partial charge in [0.15, 0.2) is 6.35 Å². The van der Waals surface area contributed by atoms with Gasteiger partial charge in [-0.3, -0.25) is 10.2 Å². The summed E-state index contributed by atoms with van der Waals surface area (Å²) in [6.07, 6.45) is 3.18. The first-order valence-corrected chi connectivity index (χ1v) is 6.52. The molecule has 0 aromatic rings. The van der Waals surface area contributed by atoms with Crippen molar-refractivity contribution in [2.45, 2.75) is 72.3 Å². The van der Waals surface area contributed by atoms with Crippen LogP contribution in [0, 0.1) is 5.41 Å². The second kappa shape index (κ2) is 5.48. The molecule has 1 aliphatic rings. The molecule has 0 radical (unpaired) electrons. The number of nitrogens with zero attached hydrogens (tertiary/aromatic N) is 1. The van der Waals surface area contributed by atoms with Gasteiger partial charge < -0.3 is 5.11 Å². The Morgan fingerprint density at radius 1 is 1.25 bits per heavy atom. The summed E-state index contributed by atoms with van der Waals surface area (Å²) in [7, 11) is 0. The molecule has 2 unspecified atom stereocenters. The number of nitrogens with one attached hydrogen (secondary N) is 1. The SMILES string of the molecule is CC(C)NC(O)N1CCCCC1C(C)(C)C. The van der Waals surface area contributed by atoms with Gasteiger partial charge in [0.2, 0.25) is 0 Å². The third-order valence-corrected chi connectivity index (χ3v) is 3.34. The van der Waals surface area contributed by atoms with Crippen LogP contribution in [-0.2, 0) is 0 Å². The Morgan fingerprint density at radius 3 is 2.38 bits per heavy atom. The van der Waals surface area contributed by atoms with E-state index in [9.17, 15) is 5.11 Å². The van der Waals surface area contributed by atoms with Crippen molar-refractivity contribution in [3.8, 4) is 0 Å². The summed E-state index contributed by atoms with van der Waals surface area (Å²) in [6, 6.07) is 0.792. The topological polar surface area (TPSA) is 35.5 Å². The van der Waals surface area contributed by atoms with Crippen LogP contribution in [0.15, 0.2) is 0 Å². The molecule has 1 rings (SSSR count). The van der Waals surface area contributed by atoms with Gasteiger partial charge in [-0.15, -0.1) is 0 Å². The number of aliphatic hydroxyl groups is 1. The maximum absolute atomic E-state index is 10.2. The number of aliphatic hydroxyl groups excluding tert-OH is 1. The van der Waals surface area contributed by atoms with Crippen LogP contribution in [0.2, 0.25) is 0 Å². The maximum atomic E-state index is 10.2. The van der Waals surface area contributed by atoms with Gasteiger partial charge in [0.05, 0.1) is 0 Å². The van der Waals surface area contributed by atoms with Crippen molar-refractivity contribution in [1.82, 2.24) is 10.2 Å². The fraction of sp³-hybridized carbons (Fsp3) is 1.00. The minimum atomic E-state index is -0.496. The normalized spacial score (nSPS) is 26.1. The van der Waals surface area contributed by atoms with Crippen LogP contribution in [0.1, 0.15) is 53.9 Å². The summed E-state index contributed by atoms with van der Waals surface area (Å²) in [6.45, 7) is 11.9. The van der Waals surface area contributed by atoms with Gasteiger partial charge in [-0.2, -0.15) is 0 Å². The van der Waals surface area contributed by atoms with Crippen LogP contribution in [0.4, 0.5) is 0 Å². The molecular formula is C13H28N2O. The van der Waals surface area contributed by atoms with Gasteiger partial charge >= 0.3 is 0 Å². The Hall–Kier alpha value is -0.120. The van der Waals surface area contributed by atoms with Crippen molar-refractivity contribution in [3.05, 3.63) is 0 Å². The highest BCUT2D eigenvalue weighted by atomic mass is 16.3. The molecule has 1 fully saturated rings. The molecule has 16 heavy (non-hydrogen) atoms. The zero-order chi connectivity index (χ0) is 12.3. The van der Waals surface area contributed by atoms with Crippen molar-refractivity contribution < 1.29 is 5.11 Å². The average Bonchev–Trinajstić information content (AvgIpc) is 2.15. The Balaban J connectivity index is 2.66. The quantitative estimate of drug-likeness (QED) is 0.727. The molecule has 0 amide bonds. The van der Waals surface area contributed by atoms with Crippen LogP contribution < -0.4 is 5.32 Å². The van der Waals surface area contributed by atoms with E-state index in [1.54, 1.807) is 0 Å². The van der Waals surface area contributed by atoms with Gasteiger partial charge in [-0.25, -0.2) is 0 Å². The lowest BCUT2D eigenvalue weighted by molar-refractivity contribution is -0.0918. The maximum Gasteiger partial charge on any atom is 0.163 e. The lowest BCUT2D eigenvalue weighted by Gasteiger charge is -2.46. The number of likely N-dealkylation sites (tertiary alicyclic amines) is 1. The van der Waals surface area contributed by atoms with Crippen LogP contribution in [-0.4, -0.2) is 35.0 Å². The predicted octanol–water partition coefficient (Wildman–Crippen LogP) is 2.16. The molecule has 0 spiro atoms. The van der Waals surface area contributed by atoms with E-state index in [2.05, 4.69) is 44.8 Å². The van der Waals surface area contributed by atoms with E-state index in [4.69, 9.17) is 0 Å². The Bertz CT molecular complexity index is 210. The molecule has 1 aliphatic heterocycles. The van der Waals surface area contributed by atoms with Crippen LogP contribution in [0.25, 0.3) is 0 Å². The molecule has 0 bridgehead atoms. The fourth-order valence-electron chi connectivity index (χ4n) is 2.57. The van der Waals surface area contributed by atoms with Crippen molar-refractivity contribution >= 4 is 0 Å². The number of rotatable bonds is 3. The number of hydrogen-bond donors (Lipinski definition) is 2. The summed E-state index contributed by atoms with van der Waals surface area (Å²) in [5.74, 6) is 0. The minimum absolute atomic E-state index is 0.236. The van der Waals surface area contributed by atoms with E-state index in [-0.39, 0.29) is 5.41 Å². The molecule has 0 aliphatic carbocycles. The lowest BCUT2D eigenvalue weighted by Crippen LogP contribution is -2.57. The molecule has 2 N–H and O–H groups in total. The van der Waals surface area contributed by atoms with E-state index >= 15 is 0 Å². The van der Waals surface area contributed by atoms with Crippen LogP contribution >= 0.6 is 0 Å². The van der Waals surface area contributed by atoms with E-state index in [0.717, 1.165) is 6.54 Å². The molecule has 2 atom stereocenters. The molecular weight excluding hydrogens is 200 g/mol. The fourth-order valence-corrected chi connectivity index (χ4v) is 2.57. The summed E-state index contributed by atoms with van der Waals surface area (Å²) < 4.78 is 0. The minimum Gasteiger partial charge on any atom is -0.365 e. The van der Waals surface area contributed by atoms with E-state index in [0.29, 0.717) is 12.1 Å². The van der Waals surface area contributed by atoms with Gasteiger partial charge in [0, 0.05) is 18.6 Å². The molecule has 0 aromatic heterocycles. The van der Waals surface area contributed by atoms with Gasteiger partial charge in [0.25, 0.3) is 0 Å². The van der Waals surface area contributed by atoms with Crippen molar-refractivity contribution in [1.29, 1.82) is 0 Å². The summed E-state index contributed by atoms with van der Waals surface area (Å²) in [5.41, 5.74) is 0.236. The first-order valence-electron chi connectivity index (χ1n) is 6.52. The van der Waals surface area contributed by atoms with Crippen LogP contribution in [0.5, 0.6) is 0 Å². The zero-order valence-corrected chi connectivity index (χ0v) is 11.5. The zero-order valence-electron chi connectivity index (χ0n) is 11.5. The molecule has 3 nitrogen and oxygen atoms in total. The Morgan fingerprint density at radius 2 is 1.88 bits per heavy atom. The molecule has 0 aromatic carbocycles. The molecule has 1 heterocycles. The smallest absolute Gasteiger partial charge is 0.163 e. The van der Waals surface area contributed by atoms with E-state index in [1.807, 2.05) is 0 Å². The summed E-state index contributed by atoms with van der Waals surface area (Å²) >= 11 is 0. The second-order valence-electron chi connectivity index (χ2n) is 6.31. The lowest BCUT2D eigenvalue weighted by atomic mass is 9.81. The van der Waals surface area contributed by atoms with Gasteiger partial charge in [-0.1, -0.05) is 27.2 Å². The van der Waals surface area contributed by atoms with Gasteiger partial charge in [0.1, 0.15) is 0 Å². The molecule has 3 heteroatoms. The first kappa shape index (κ1) is 13.9. The number of piperidine rings is 1. The van der Waals surface area contributed by atoms with Crippen molar-refractivity contribution in [2.24, 2.45) is 5.41 Å². The first-order chi connectivity index (χ1) is 7.32. The summed E-state index contributed by atoms with van der Waals surface area (Å²) in [4.78, 5) is 2.23. The standard InChI is InChI=1S/C13H28N2O/c1-10(2)14-12(16)15-9-7-6-8-11(15)13(3,4)5/h10-12,14,16H,6-9H2,1-5H3. The van der Waals surface area contributed by atoms with E-state index in [1.165, 1.54) is 19.3 Å². The Kier molecular flexibility index (Phi) is 4.77.